The Hall–Kier alpha value is -1.71. The second-order valence-corrected chi connectivity index (χ2v) is 5.87. The Morgan fingerprint density at radius 1 is 1.42 bits per heavy atom. The number of rotatable bonds is 3. The molecule has 0 aromatic heterocycles. The number of benzene rings is 1. The highest BCUT2D eigenvalue weighted by atomic mass is 16.1. The van der Waals surface area contributed by atoms with Gasteiger partial charge in [-0.25, -0.2) is 0 Å². The standard InChI is InChI=1S/C15H21N3O/c1-9-3-2-4-10(9)8-17-14-7-13-11(5-12(14)16)6-15(19)18-13/h5,7,9-10,17H,2-4,6,8,16H2,1H3,(H,18,19). The third kappa shape index (κ3) is 2.39. The van der Waals surface area contributed by atoms with Gasteiger partial charge in [0.25, 0.3) is 0 Å². The van der Waals surface area contributed by atoms with Crippen molar-refractivity contribution in [3.63, 3.8) is 0 Å². The molecule has 1 amide bonds. The second kappa shape index (κ2) is 4.76. The number of nitrogens with one attached hydrogen (secondary N) is 2. The van der Waals surface area contributed by atoms with Gasteiger partial charge in [-0.05, 0) is 36.0 Å². The minimum Gasteiger partial charge on any atom is -0.397 e. The maximum Gasteiger partial charge on any atom is 0.228 e. The molecule has 4 nitrogen and oxygen atoms in total. The molecule has 102 valence electrons. The van der Waals surface area contributed by atoms with Crippen LogP contribution < -0.4 is 16.4 Å². The number of anilines is 3. The first-order valence-corrected chi connectivity index (χ1v) is 7.09. The van der Waals surface area contributed by atoms with E-state index in [1.54, 1.807) is 0 Å². The van der Waals surface area contributed by atoms with Crippen LogP contribution in [-0.2, 0) is 11.2 Å². The van der Waals surface area contributed by atoms with Crippen LogP contribution in [0.3, 0.4) is 0 Å². The van der Waals surface area contributed by atoms with Crippen LogP contribution >= 0.6 is 0 Å². The molecule has 2 unspecified atom stereocenters. The molecule has 1 aromatic rings. The zero-order chi connectivity index (χ0) is 13.4. The lowest BCUT2D eigenvalue weighted by molar-refractivity contribution is -0.115. The fourth-order valence-corrected chi connectivity index (χ4v) is 3.21. The van der Waals surface area contributed by atoms with Crippen molar-refractivity contribution in [2.24, 2.45) is 11.8 Å². The summed E-state index contributed by atoms with van der Waals surface area (Å²) in [6.45, 7) is 3.30. The molecular formula is C15H21N3O. The van der Waals surface area contributed by atoms with E-state index in [1.165, 1.54) is 19.3 Å². The Balaban J connectivity index is 1.71. The average molecular weight is 259 g/mol. The smallest absolute Gasteiger partial charge is 0.228 e. The number of carbonyl (C=O) groups excluding carboxylic acids is 1. The lowest BCUT2D eigenvalue weighted by Gasteiger charge is -2.18. The van der Waals surface area contributed by atoms with Gasteiger partial charge >= 0.3 is 0 Å². The van der Waals surface area contributed by atoms with Crippen molar-refractivity contribution in [2.75, 3.05) is 22.9 Å². The quantitative estimate of drug-likeness (QED) is 0.731. The predicted octanol–water partition coefficient (Wildman–Crippen LogP) is 2.61. The number of hydrogen-bond donors (Lipinski definition) is 3. The second-order valence-electron chi connectivity index (χ2n) is 5.87. The van der Waals surface area contributed by atoms with Gasteiger partial charge in [-0.2, -0.15) is 0 Å². The number of nitrogen functional groups attached to an aromatic ring is 1. The summed E-state index contributed by atoms with van der Waals surface area (Å²) in [5.41, 5.74) is 9.64. The summed E-state index contributed by atoms with van der Waals surface area (Å²) < 4.78 is 0. The first-order chi connectivity index (χ1) is 9.13. The van der Waals surface area contributed by atoms with E-state index in [9.17, 15) is 4.79 Å². The minimum absolute atomic E-state index is 0.0518. The Kier molecular flexibility index (Phi) is 3.09. The molecule has 4 heteroatoms. The Bertz CT molecular complexity index is 512. The zero-order valence-corrected chi connectivity index (χ0v) is 11.3. The lowest BCUT2D eigenvalue weighted by Crippen LogP contribution is -2.17. The van der Waals surface area contributed by atoms with Crippen molar-refractivity contribution in [1.82, 2.24) is 0 Å². The van der Waals surface area contributed by atoms with E-state index in [0.717, 1.165) is 41.0 Å². The van der Waals surface area contributed by atoms with Crippen LogP contribution in [0.5, 0.6) is 0 Å². The van der Waals surface area contributed by atoms with E-state index in [4.69, 9.17) is 5.73 Å². The maximum absolute atomic E-state index is 11.4. The average Bonchev–Trinajstić information content (AvgIpc) is 2.91. The topological polar surface area (TPSA) is 67.1 Å². The summed E-state index contributed by atoms with van der Waals surface area (Å²) in [5.74, 6) is 1.58. The number of fused-ring (bicyclic) bond motifs is 1. The highest BCUT2D eigenvalue weighted by Gasteiger charge is 2.24. The molecule has 1 aliphatic heterocycles. The molecule has 3 rings (SSSR count). The van der Waals surface area contributed by atoms with Crippen molar-refractivity contribution < 1.29 is 4.79 Å². The monoisotopic (exact) mass is 259 g/mol. The maximum atomic E-state index is 11.4. The Labute approximate surface area is 113 Å². The van der Waals surface area contributed by atoms with Gasteiger partial charge in [0.2, 0.25) is 5.91 Å². The van der Waals surface area contributed by atoms with E-state index < -0.39 is 0 Å². The van der Waals surface area contributed by atoms with Crippen LogP contribution in [0, 0.1) is 11.8 Å². The van der Waals surface area contributed by atoms with Gasteiger partial charge in [-0.15, -0.1) is 0 Å². The highest BCUT2D eigenvalue weighted by molar-refractivity contribution is 6.00. The van der Waals surface area contributed by atoms with Crippen LogP contribution in [0.1, 0.15) is 31.7 Å². The molecule has 1 heterocycles. The van der Waals surface area contributed by atoms with Crippen molar-refractivity contribution in [2.45, 2.75) is 32.6 Å². The summed E-state index contributed by atoms with van der Waals surface area (Å²) >= 11 is 0. The molecule has 0 spiro atoms. The predicted molar refractivity (Wildman–Crippen MR) is 78.2 cm³/mol. The summed E-state index contributed by atoms with van der Waals surface area (Å²) in [4.78, 5) is 11.4. The summed E-state index contributed by atoms with van der Waals surface area (Å²) in [6, 6.07) is 3.88. The van der Waals surface area contributed by atoms with E-state index in [2.05, 4.69) is 17.6 Å². The minimum atomic E-state index is 0.0518. The lowest BCUT2D eigenvalue weighted by atomic mass is 9.98. The number of nitrogens with two attached hydrogens (primary N) is 1. The zero-order valence-electron chi connectivity index (χ0n) is 11.3. The van der Waals surface area contributed by atoms with Crippen LogP contribution in [0.25, 0.3) is 0 Å². The molecule has 0 bridgehead atoms. The van der Waals surface area contributed by atoms with Gasteiger partial charge in [0, 0.05) is 12.2 Å². The number of amides is 1. The molecule has 1 aromatic carbocycles. The normalized spacial score (nSPS) is 25.2. The molecule has 0 radical (unpaired) electrons. The number of hydrogen-bond acceptors (Lipinski definition) is 3. The van der Waals surface area contributed by atoms with Gasteiger partial charge in [-0.3, -0.25) is 4.79 Å². The summed E-state index contributed by atoms with van der Waals surface area (Å²) in [5, 5.41) is 6.32. The summed E-state index contributed by atoms with van der Waals surface area (Å²) in [7, 11) is 0. The van der Waals surface area contributed by atoms with Crippen molar-refractivity contribution >= 4 is 23.0 Å². The van der Waals surface area contributed by atoms with Gasteiger partial charge in [0.05, 0.1) is 17.8 Å². The molecule has 19 heavy (non-hydrogen) atoms. The van der Waals surface area contributed by atoms with E-state index >= 15 is 0 Å². The van der Waals surface area contributed by atoms with Crippen LogP contribution in [-0.4, -0.2) is 12.5 Å². The Morgan fingerprint density at radius 2 is 2.26 bits per heavy atom. The first-order valence-electron chi connectivity index (χ1n) is 7.09. The van der Waals surface area contributed by atoms with E-state index in [0.29, 0.717) is 6.42 Å². The molecule has 1 saturated carbocycles. The molecule has 4 N–H and O–H groups in total. The molecule has 2 atom stereocenters. The van der Waals surface area contributed by atoms with E-state index in [1.807, 2.05) is 12.1 Å². The van der Waals surface area contributed by atoms with Gasteiger partial charge in [-0.1, -0.05) is 19.8 Å². The SMILES string of the molecule is CC1CCCC1CNc1cc2c(cc1N)CC(=O)N2. The molecular weight excluding hydrogens is 238 g/mol. The highest BCUT2D eigenvalue weighted by Crippen LogP contribution is 2.34. The number of carbonyl (C=O) groups is 1. The van der Waals surface area contributed by atoms with Crippen molar-refractivity contribution in [1.29, 1.82) is 0 Å². The molecule has 1 aliphatic carbocycles. The van der Waals surface area contributed by atoms with Gasteiger partial charge in [0.15, 0.2) is 0 Å². The van der Waals surface area contributed by atoms with Gasteiger partial charge < -0.3 is 16.4 Å². The van der Waals surface area contributed by atoms with Crippen molar-refractivity contribution in [3.05, 3.63) is 17.7 Å². The molecule has 2 aliphatic rings. The fourth-order valence-electron chi connectivity index (χ4n) is 3.21. The van der Waals surface area contributed by atoms with Crippen LogP contribution in [0.2, 0.25) is 0 Å². The van der Waals surface area contributed by atoms with Crippen LogP contribution in [0.4, 0.5) is 17.1 Å². The first kappa shape index (κ1) is 12.3. The van der Waals surface area contributed by atoms with E-state index in [-0.39, 0.29) is 5.91 Å². The summed E-state index contributed by atoms with van der Waals surface area (Å²) in [6.07, 6.45) is 4.42. The third-order valence-corrected chi connectivity index (χ3v) is 4.49. The molecule has 1 fully saturated rings. The van der Waals surface area contributed by atoms with Crippen LogP contribution in [0.15, 0.2) is 12.1 Å². The third-order valence-electron chi connectivity index (χ3n) is 4.49. The molecule has 0 saturated heterocycles. The Morgan fingerprint density at radius 3 is 3.00 bits per heavy atom. The van der Waals surface area contributed by atoms with Crippen molar-refractivity contribution in [3.8, 4) is 0 Å². The fraction of sp³-hybridized carbons (Fsp3) is 0.533. The largest absolute Gasteiger partial charge is 0.397 e. The van der Waals surface area contributed by atoms with Gasteiger partial charge in [0.1, 0.15) is 0 Å².